The molecule has 3 rings (SSSR count). The number of nitrogen functional groups attached to an aromatic ring is 1. The van der Waals surface area contributed by atoms with E-state index in [1.165, 1.54) is 22.1 Å². The van der Waals surface area contributed by atoms with Gasteiger partial charge < -0.3 is 15.7 Å². The van der Waals surface area contributed by atoms with Gasteiger partial charge in [0.2, 0.25) is 5.78 Å². The SMILES string of the molecule is C=C(C(=O)[C@](C)(O)[C@H](C)CCC[C@H](C)C[C@H](C)C/C=C/C/C=C/CCCc1cccc(C)c1)N1CCCC[C@H]1C(=C)n1ccc(N)nc1=O. The quantitative estimate of drug-likeness (QED) is 0.0831. The molecule has 0 amide bonds. The van der Waals surface area contributed by atoms with Gasteiger partial charge in [-0.1, -0.05) is 101 Å². The van der Waals surface area contributed by atoms with Crippen molar-refractivity contribution < 1.29 is 9.90 Å². The number of hydrogen-bond donors (Lipinski definition) is 2. The molecule has 1 aliphatic rings. The molecule has 0 aliphatic carbocycles. The molecule has 0 radical (unpaired) electrons. The fourth-order valence-electron chi connectivity index (χ4n) is 7.01. The summed E-state index contributed by atoms with van der Waals surface area (Å²) in [6.07, 6.45) is 22.7. The summed E-state index contributed by atoms with van der Waals surface area (Å²) in [6, 6.07) is 10.0. The maximum absolute atomic E-state index is 13.7. The Morgan fingerprint density at radius 3 is 2.57 bits per heavy atom. The molecule has 0 unspecified atom stereocenters. The van der Waals surface area contributed by atoms with E-state index in [2.05, 4.69) is 87.5 Å². The molecule has 49 heavy (non-hydrogen) atoms. The molecule has 7 nitrogen and oxygen atoms in total. The van der Waals surface area contributed by atoms with Crippen LogP contribution in [0.2, 0.25) is 0 Å². The first-order valence-electron chi connectivity index (χ1n) is 18.4. The first-order chi connectivity index (χ1) is 23.3. The molecule has 3 N–H and O–H groups in total. The predicted molar refractivity (Wildman–Crippen MR) is 205 cm³/mol. The summed E-state index contributed by atoms with van der Waals surface area (Å²) in [7, 11) is 0. The molecule has 1 aromatic heterocycles. The number of benzene rings is 1. The highest BCUT2D eigenvalue weighted by atomic mass is 16.3. The van der Waals surface area contributed by atoms with Crippen LogP contribution in [0.5, 0.6) is 0 Å². The van der Waals surface area contributed by atoms with Crippen LogP contribution in [0.25, 0.3) is 5.70 Å². The smallest absolute Gasteiger partial charge is 0.353 e. The van der Waals surface area contributed by atoms with Gasteiger partial charge in [0.05, 0.1) is 11.7 Å². The minimum atomic E-state index is -1.54. The molecule has 2 aromatic rings. The molecule has 0 spiro atoms. The molecule has 268 valence electrons. The molecule has 1 aromatic carbocycles. The van der Waals surface area contributed by atoms with Crippen molar-refractivity contribution in [2.75, 3.05) is 12.3 Å². The fraction of sp³-hybridized carbons (Fsp3) is 0.548. The van der Waals surface area contributed by atoms with Crippen LogP contribution >= 0.6 is 0 Å². The third-order valence-electron chi connectivity index (χ3n) is 10.3. The van der Waals surface area contributed by atoms with Gasteiger partial charge >= 0.3 is 5.69 Å². The van der Waals surface area contributed by atoms with E-state index in [4.69, 9.17) is 5.73 Å². The molecular formula is C42H62N4O3. The van der Waals surface area contributed by atoms with Crippen LogP contribution in [0.4, 0.5) is 5.82 Å². The highest BCUT2D eigenvalue weighted by Gasteiger charge is 2.41. The summed E-state index contributed by atoms with van der Waals surface area (Å²) in [5.74, 6) is 0.742. The highest BCUT2D eigenvalue weighted by Crippen LogP contribution is 2.33. The van der Waals surface area contributed by atoms with Gasteiger partial charge in [0.25, 0.3) is 0 Å². The predicted octanol–water partition coefficient (Wildman–Crippen LogP) is 8.68. The number of Topliss-reactive ketones (excluding diaryl/α,β-unsaturated/α-hetero) is 1. The number of anilines is 1. The van der Waals surface area contributed by atoms with Crippen molar-refractivity contribution in [3.63, 3.8) is 0 Å². The van der Waals surface area contributed by atoms with Crippen molar-refractivity contribution in [1.82, 2.24) is 14.5 Å². The summed E-state index contributed by atoms with van der Waals surface area (Å²) >= 11 is 0. The first kappa shape index (κ1) is 39.7. The van der Waals surface area contributed by atoms with Crippen LogP contribution in [-0.2, 0) is 11.2 Å². The lowest BCUT2D eigenvalue weighted by atomic mass is 9.80. The zero-order valence-corrected chi connectivity index (χ0v) is 30.9. The van der Waals surface area contributed by atoms with Crippen molar-refractivity contribution in [2.45, 2.75) is 123 Å². The van der Waals surface area contributed by atoms with Crippen molar-refractivity contribution in [2.24, 2.45) is 17.8 Å². The Labute approximate surface area is 295 Å². The van der Waals surface area contributed by atoms with Gasteiger partial charge in [-0.3, -0.25) is 9.36 Å². The van der Waals surface area contributed by atoms with E-state index in [0.717, 1.165) is 70.6 Å². The summed E-state index contributed by atoms with van der Waals surface area (Å²) in [4.78, 5) is 31.9. The summed E-state index contributed by atoms with van der Waals surface area (Å²) in [5.41, 5.74) is 7.17. The molecule has 7 heteroatoms. The van der Waals surface area contributed by atoms with Crippen LogP contribution in [0, 0.1) is 24.7 Å². The number of nitrogens with zero attached hydrogens (tertiary/aromatic N) is 3. The third kappa shape index (κ3) is 12.3. The van der Waals surface area contributed by atoms with E-state index in [1.54, 1.807) is 19.2 Å². The van der Waals surface area contributed by atoms with E-state index in [0.29, 0.717) is 24.1 Å². The van der Waals surface area contributed by atoms with Crippen LogP contribution in [-0.4, -0.2) is 43.5 Å². The Bertz CT molecular complexity index is 1500. The maximum atomic E-state index is 13.7. The molecule has 0 saturated carbocycles. The van der Waals surface area contributed by atoms with Gasteiger partial charge in [-0.15, -0.1) is 0 Å². The van der Waals surface area contributed by atoms with E-state index in [9.17, 15) is 14.7 Å². The molecular weight excluding hydrogens is 608 g/mol. The average molecular weight is 671 g/mol. The number of nitrogens with two attached hydrogens (primary N) is 1. The molecule has 0 bridgehead atoms. The van der Waals surface area contributed by atoms with E-state index < -0.39 is 11.3 Å². The number of aromatic nitrogens is 2. The van der Waals surface area contributed by atoms with E-state index >= 15 is 0 Å². The monoisotopic (exact) mass is 670 g/mol. The van der Waals surface area contributed by atoms with Gasteiger partial charge in [0, 0.05) is 18.4 Å². The van der Waals surface area contributed by atoms with Gasteiger partial charge in [-0.05, 0) is 107 Å². The van der Waals surface area contributed by atoms with Gasteiger partial charge in [-0.2, -0.15) is 4.98 Å². The van der Waals surface area contributed by atoms with Crippen LogP contribution in [0.3, 0.4) is 0 Å². The molecule has 2 heterocycles. The number of aliphatic hydroxyl groups is 1. The number of carbonyl (C=O) groups excluding carboxylic acids is 1. The number of rotatable bonds is 20. The lowest BCUT2D eigenvalue weighted by Gasteiger charge is -2.41. The number of ketones is 1. The lowest BCUT2D eigenvalue weighted by molar-refractivity contribution is -0.138. The van der Waals surface area contributed by atoms with Crippen molar-refractivity contribution in [3.05, 3.63) is 101 Å². The van der Waals surface area contributed by atoms with Crippen molar-refractivity contribution >= 4 is 17.3 Å². The van der Waals surface area contributed by atoms with Gasteiger partial charge in [0.1, 0.15) is 11.4 Å². The standard InChI is InChI=1S/C42H62N4O3/c1-31(19-13-11-9-8-10-12-14-23-37-24-18-21-33(3)30-37)29-32(2)20-17-22-34(4)42(7,49)40(47)36(6)45-27-16-15-25-38(45)35(5)46-28-26-39(43)44-41(46)48/h8,10-11,13,18,21,24,26,28,30-32,34,38,49H,5-6,9,12,14-17,19-20,22-23,25,27,29H2,1-4,7H3,(H2,43,44,48)/b10-8+,13-11+/t31-,32+,34-,38+,42-/m1/s1. The fourth-order valence-corrected chi connectivity index (χ4v) is 7.01. The second-order valence-electron chi connectivity index (χ2n) is 14.7. The van der Waals surface area contributed by atoms with Gasteiger partial charge in [0.15, 0.2) is 0 Å². The molecule has 5 atom stereocenters. The average Bonchev–Trinajstić information content (AvgIpc) is 3.06. The second-order valence-corrected chi connectivity index (χ2v) is 14.7. The van der Waals surface area contributed by atoms with Crippen LogP contribution < -0.4 is 11.4 Å². The Balaban J connectivity index is 1.38. The zero-order chi connectivity index (χ0) is 36.0. The number of carbonyl (C=O) groups is 1. The topological polar surface area (TPSA) is 101 Å². The molecule has 1 saturated heterocycles. The number of likely N-dealkylation sites (tertiary alicyclic amines) is 1. The summed E-state index contributed by atoms with van der Waals surface area (Å²) in [6.45, 7) is 19.3. The number of aryl methyl sites for hydroxylation is 2. The third-order valence-corrected chi connectivity index (χ3v) is 10.3. The Hall–Kier alpha value is -3.71. The zero-order valence-electron chi connectivity index (χ0n) is 30.9. The Kier molecular flexibility index (Phi) is 15.8. The number of hydrogen-bond acceptors (Lipinski definition) is 6. The minimum Gasteiger partial charge on any atom is -0.383 e. The first-order valence-corrected chi connectivity index (χ1v) is 18.4. The van der Waals surface area contributed by atoms with E-state index in [-0.39, 0.29) is 29.3 Å². The molecule has 1 aliphatic heterocycles. The highest BCUT2D eigenvalue weighted by molar-refractivity contribution is 6.00. The van der Waals surface area contributed by atoms with Crippen molar-refractivity contribution in [1.29, 1.82) is 0 Å². The normalized spacial score (nSPS) is 18.3. The molecule has 1 fully saturated rings. The largest absolute Gasteiger partial charge is 0.383 e. The second kappa shape index (κ2) is 19.5. The summed E-state index contributed by atoms with van der Waals surface area (Å²) < 4.78 is 1.38. The Morgan fingerprint density at radius 2 is 1.84 bits per heavy atom. The van der Waals surface area contributed by atoms with Crippen molar-refractivity contribution in [3.8, 4) is 0 Å². The van der Waals surface area contributed by atoms with Crippen LogP contribution in [0.1, 0.15) is 109 Å². The minimum absolute atomic E-state index is 0.148. The Morgan fingerprint density at radius 1 is 1.08 bits per heavy atom. The van der Waals surface area contributed by atoms with E-state index in [1.807, 2.05) is 11.8 Å². The van der Waals surface area contributed by atoms with Gasteiger partial charge in [-0.25, -0.2) is 4.79 Å². The number of allylic oxidation sites excluding steroid dienone is 4. The maximum Gasteiger partial charge on any atom is 0.353 e. The number of piperidine rings is 1. The number of unbranched alkanes of at least 4 members (excludes halogenated alkanes) is 1. The van der Waals surface area contributed by atoms with Crippen LogP contribution in [0.15, 0.2) is 84.5 Å². The summed E-state index contributed by atoms with van der Waals surface area (Å²) in [5, 5.41) is 11.5. The lowest BCUT2D eigenvalue weighted by Crippen LogP contribution is -2.50.